The maximum Gasteiger partial charge on any atom is 0.218 e. The molecule has 0 aliphatic heterocycles. The molecule has 0 spiro atoms. The van der Waals surface area contributed by atoms with Crippen LogP contribution in [-0.2, 0) is 6.42 Å². The molecule has 6 heteroatoms. The van der Waals surface area contributed by atoms with E-state index in [2.05, 4.69) is 27.1 Å². The Bertz CT molecular complexity index is 408. The number of aryl methyl sites for hydroxylation is 1. The van der Waals surface area contributed by atoms with Gasteiger partial charge in [-0.1, -0.05) is 6.92 Å². The molecule has 0 aliphatic carbocycles. The van der Waals surface area contributed by atoms with E-state index in [-0.39, 0.29) is 0 Å². The third-order valence-corrected chi connectivity index (χ3v) is 2.70. The van der Waals surface area contributed by atoms with Crippen LogP contribution in [0.5, 0.6) is 0 Å². The molecular weight excluding hydrogens is 208 g/mol. The Kier molecular flexibility index (Phi) is 2.28. The molecule has 0 bridgehead atoms. The van der Waals surface area contributed by atoms with Crippen LogP contribution in [0.25, 0.3) is 11.5 Å². The molecule has 0 saturated carbocycles. The Hall–Kier alpha value is -0.940. The van der Waals surface area contributed by atoms with Crippen molar-refractivity contribution in [1.29, 1.82) is 0 Å². The molecule has 2 heterocycles. The van der Waals surface area contributed by atoms with Crippen LogP contribution in [0, 0.1) is 0 Å². The van der Waals surface area contributed by atoms with Crippen LogP contribution < -0.4 is 0 Å². The van der Waals surface area contributed by atoms with Crippen molar-refractivity contribution in [2.75, 3.05) is 0 Å². The van der Waals surface area contributed by atoms with Crippen molar-refractivity contribution < 1.29 is 0 Å². The Morgan fingerprint density at radius 1 is 1.54 bits per heavy atom. The van der Waals surface area contributed by atoms with Gasteiger partial charge in [0.1, 0.15) is 5.69 Å². The van der Waals surface area contributed by atoms with Crippen molar-refractivity contribution in [1.82, 2.24) is 20.2 Å². The zero-order chi connectivity index (χ0) is 9.26. The quantitative estimate of drug-likeness (QED) is 0.834. The van der Waals surface area contributed by atoms with Crippen LogP contribution in [0.3, 0.4) is 0 Å². The molecule has 0 aliphatic rings. The summed E-state index contributed by atoms with van der Waals surface area (Å²) >= 11 is 7.20. The molecule has 2 rings (SSSR count). The summed E-state index contributed by atoms with van der Waals surface area (Å²) in [4.78, 5) is 8.30. The minimum absolute atomic E-state index is 0.293. The Balaban J connectivity index is 2.35. The zero-order valence-electron chi connectivity index (χ0n) is 6.91. The van der Waals surface area contributed by atoms with Gasteiger partial charge in [0.15, 0.2) is 0 Å². The van der Waals surface area contributed by atoms with Crippen LogP contribution in [0.4, 0.5) is 0 Å². The van der Waals surface area contributed by atoms with E-state index in [9.17, 15) is 0 Å². The number of hydrogen-bond donors (Lipinski definition) is 1. The third kappa shape index (κ3) is 1.71. The van der Waals surface area contributed by atoms with Gasteiger partial charge >= 0.3 is 0 Å². The average molecular weight is 215 g/mol. The highest BCUT2D eigenvalue weighted by Gasteiger charge is 2.07. The first-order valence-corrected chi connectivity index (χ1v) is 5.08. The second kappa shape index (κ2) is 3.43. The topological polar surface area (TPSA) is 54.5 Å². The smallest absolute Gasteiger partial charge is 0.218 e. The summed E-state index contributed by atoms with van der Waals surface area (Å²) in [5, 5.41) is 9.77. The lowest BCUT2D eigenvalue weighted by Gasteiger charge is -1.84. The molecule has 13 heavy (non-hydrogen) atoms. The molecule has 2 aromatic heterocycles. The Morgan fingerprint density at radius 2 is 2.38 bits per heavy atom. The molecule has 1 N–H and O–H groups in total. The number of aromatic nitrogens is 4. The molecule has 0 amide bonds. The summed E-state index contributed by atoms with van der Waals surface area (Å²) < 4.78 is 0. The van der Waals surface area contributed by atoms with E-state index in [1.54, 1.807) is 11.3 Å². The van der Waals surface area contributed by atoms with E-state index >= 15 is 0 Å². The van der Waals surface area contributed by atoms with E-state index in [1.807, 2.05) is 5.38 Å². The molecule has 0 fully saturated rings. The predicted octanol–water partition coefficient (Wildman–Crippen LogP) is 2.14. The SMILES string of the molecule is CCc1nc(-c2n[nH]c(Cl)n2)cs1. The van der Waals surface area contributed by atoms with Crippen LogP contribution in [0.1, 0.15) is 11.9 Å². The van der Waals surface area contributed by atoms with E-state index in [4.69, 9.17) is 11.6 Å². The van der Waals surface area contributed by atoms with Crippen LogP contribution in [-0.4, -0.2) is 20.2 Å². The van der Waals surface area contributed by atoms with Crippen molar-refractivity contribution in [3.8, 4) is 11.5 Å². The molecule has 4 nitrogen and oxygen atoms in total. The van der Waals surface area contributed by atoms with E-state index < -0.39 is 0 Å². The fraction of sp³-hybridized carbons (Fsp3) is 0.286. The molecule has 0 atom stereocenters. The van der Waals surface area contributed by atoms with Crippen LogP contribution >= 0.6 is 22.9 Å². The molecule has 0 unspecified atom stereocenters. The summed E-state index contributed by atoms with van der Waals surface area (Å²) in [5.74, 6) is 0.556. The standard InChI is InChI=1S/C7H7ClN4S/c1-2-5-9-4(3-13-5)6-10-7(8)12-11-6/h3H,2H2,1H3,(H,10,11,12). The van der Waals surface area contributed by atoms with Gasteiger partial charge in [-0.2, -0.15) is 10.1 Å². The first-order chi connectivity index (χ1) is 6.29. The molecule has 0 radical (unpaired) electrons. The lowest BCUT2D eigenvalue weighted by atomic mass is 10.4. The third-order valence-electron chi connectivity index (χ3n) is 1.54. The van der Waals surface area contributed by atoms with Gasteiger partial charge in [0, 0.05) is 5.38 Å². The minimum atomic E-state index is 0.293. The monoisotopic (exact) mass is 214 g/mol. The molecular formula is C7H7ClN4S. The number of halogens is 1. The van der Waals surface area contributed by atoms with Gasteiger partial charge in [0.25, 0.3) is 0 Å². The maximum atomic E-state index is 5.60. The average Bonchev–Trinajstić information content (AvgIpc) is 2.71. The lowest BCUT2D eigenvalue weighted by Crippen LogP contribution is -1.82. The molecule has 68 valence electrons. The zero-order valence-corrected chi connectivity index (χ0v) is 8.48. The largest absolute Gasteiger partial charge is 0.249 e. The van der Waals surface area contributed by atoms with Gasteiger partial charge in [-0.25, -0.2) is 10.1 Å². The summed E-state index contributed by atoms with van der Waals surface area (Å²) in [6.45, 7) is 2.06. The highest BCUT2D eigenvalue weighted by Crippen LogP contribution is 2.19. The Morgan fingerprint density at radius 3 is 2.92 bits per heavy atom. The lowest BCUT2D eigenvalue weighted by molar-refractivity contribution is 1.07. The summed E-state index contributed by atoms with van der Waals surface area (Å²) in [5.41, 5.74) is 0.782. The molecule has 0 aromatic carbocycles. The van der Waals surface area contributed by atoms with Gasteiger partial charge in [-0.3, -0.25) is 0 Å². The molecule has 2 aromatic rings. The normalized spacial score (nSPS) is 10.6. The number of H-pyrrole nitrogens is 1. The van der Waals surface area contributed by atoms with Crippen molar-refractivity contribution in [2.45, 2.75) is 13.3 Å². The van der Waals surface area contributed by atoms with Gasteiger partial charge < -0.3 is 0 Å². The van der Waals surface area contributed by atoms with E-state index in [0.29, 0.717) is 11.1 Å². The van der Waals surface area contributed by atoms with E-state index in [0.717, 1.165) is 17.1 Å². The van der Waals surface area contributed by atoms with Crippen LogP contribution in [0.2, 0.25) is 5.28 Å². The summed E-state index contributed by atoms with van der Waals surface area (Å²) in [6.07, 6.45) is 0.933. The van der Waals surface area contributed by atoms with Crippen molar-refractivity contribution in [3.05, 3.63) is 15.7 Å². The number of rotatable bonds is 2. The second-order valence-corrected chi connectivity index (χ2v) is 3.73. The minimum Gasteiger partial charge on any atom is -0.249 e. The predicted molar refractivity (Wildman–Crippen MR) is 51.9 cm³/mol. The van der Waals surface area contributed by atoms with Crippen molar-refractivity contribution in [2.24, 2.45) is 0 Å². The first-order valence-electron chi connectivity index (χ1n) is 3.82. The van der Waals surface area contributed by atoms with Gasteiger partial charge in [-0.15, -0.1) is 11.3 Å². The van der Waals surface area contributed by atoms with Crippen molar-refractivity contribution in [3.63, 3.8) is 0 Å². The number of nitrogens with one attached hydrogen (secondary N) is 1. The van der Waals surface area contributed by atoms with Crippen LogP contribution in [0.15, 0.2) is 5.38 Å². The van der Waals surface area contributed by atoms with Gasteiger partial charge in [0.2, 0.25) is 11.1 Å². The number of thiazole rings is 1. The van der Waals surface area contributed by atoms with Crippen molar-refractivity contribution >= 4 is 22.9 Å². The fourth-order valence-corrected chi connectivity index (χ4v) is 1.78. The summed E-state index contributed by atoms with van der Waals surface area (Å²) in [7, 11) is 0. The highest BCUT2D eigenvalue weighted by atomic mass is 35.5. The summed E-state index contributed by atoms with van der Waals surface area (Å²) in [6, 6.07) is 0. The maximum absolute atomic E-state index is 5.60. The number of aromatic amines is 1. The van der Waals surface area contributed by atoms with Gasteiger partial charge in [-0.05, 0) is 18.0 Å². The van der Waals surface area contributed by atoms with Gasteiger partial charge in [0.05, 0.1) is 5.01 Å². The number of hydrogen-bond acceptors (Lipinski definition) is 4. The second-order valence-electron chi connectivity index (χ2n) is 2.43. The highest BCUT2D eigenvalue weighted by molar-refractivity contribution is 7.09. The Labute approximate surface area is 84.0 Å². The first kappa shape index (κ1) is 8.65. The fourth-order valence-electron chi connectivity index (χ4n) is 0.933. The number of nitrogens with zero attached hydrogens (tertiary/aromatic N) is 3. The van der Waals surface area contributed by atoms with E-state index in [1.165, 1.54) is 0 Å². The molecule has 0 saturated heterocycles.